The third-order valence-electron chi connectivity index (χ3n) is 3.84. The van der Waals surface area contributed by atoms with Crippen LogP contribution in [0.2, 0.25) is 0 Å². The molecule has 2 aromatic rings. The lowest BCUT2D eigenvalue weighted by Gasteiger charge is -2.17. The Morgan fingerprint density at radius 2 is 1.47 bits per heavy atom. The number of sulfonamides is 1. The molecule has 0 saturated heterocycles. The maximum absolute atomic E-state index is 13.1. The van der Waals surface area contributed by atoms with Crippen LogP contribution >= 0.6 is 0 Å². The lowest BCUT2D eigenvalue weighted by molar-refractivity contribution is -0.139. The molecule has 1 atom stereocenters. The van der Waals surface area contributed by atoms with Crippen molar-refractivity contribution in [2.75, 3.05) is 17.7 Å². The molecule has 2 rings (SSSR count). The van der Waals surface area contributed by atoms with Crippen molar-refractivity contribution >= 4 is 33.3 Å². The summed E-state index contributed by atoms with van der Waals surface area (Å²) in [6.07, 6.45) is -4.87. The van der Waals surface area contributed by atoms with Gasteiger partial charge in [0.2, 0.25) is 15.9 Å². The summed E-state index contributed by atoms with van der Waals surface area (Å²) < 4.78 is 66.0. The van der Waals surface area contributed by atoms with Crippen LogP contribution in [0.4, 0.5) is 29.3 Å². The Morgan fingerprint density at radius 1 is 0.933 bits per heavy atom. The van der Waals surface area contributed by atoms with Crippen LogP contribution in [0.5, 0.6) is 0 Å². The highest BCUT2D eigenvalue weighted by Gasteiger charge is 2.37. The molecule has 2 aromatic carbocycles. The van der Waals surface area contributed by atoms with E-state index in [0.29, 0.717) is 17.4 Å². The van der Waals surface area contributed by atoms with Gasteiger partial charge in [0.25, 0.3) is 0 Å². The molecule has 0 bridgehead atoms. The topological polar surface area (TPSA) is 116 Å². The van der Waals surface area contributed by atoms with Crippen LogP contribution in [-0.2, 0) is 21.0 Å². The highest BCUT2D eigenvalue weighted by atomic mass is 32.2. The third kappa shape index (κ3) is 5.94. The number of amides is 3. The normalized spacial score (nSPS) is 12.7. The first-order chi connectivity index (χ1) is 13.9. The summed E-state index contributed by atoms with van der Waals surface area (Å²) in [6.45, 7) is 1.20. The molecular formula is C18H19F3N4O4S. The zero-order valence-corrected chi connectivity index (χ0v) is 16.7. The van der Waals surface area contributed by atoms with Gasteiger partial charge in [-0.3, -0.25) is 4.79 Å². The summed E-state index contributed by atoms with van der Waals surface area (Å²) in [6, 6.07) is 7.81. The second kappa shape index (κ2) is 9.13. The predicted molar refractivity (Wildman–Crippen MR) is 104 cm³/mol. The first kappa shape index (κ1) is 23.2. The monoisotopic (exact) mass is 444 g/mol. The van der Waals surface area contributed by atoms with Gasteiger partial charge in [-0.05, 0) is 43.3 Å². The highest BCUT2D eigenvalue weighted by Crippen LogP contribution is 2.33. The van der Waals surface area contributed by atoms with Gasteiger partial charge >= 0.3 is 12.2 Å². The van der Waals surface area contributed by atoms with Gasteiger partial charge in [0.15, 0.2) is 0 Å². The summed E-state index contributed by atoms with van der Waals surface area (Å²) in [5.74, 6) is -0.782. The fourth-order valence-electron chi connectivity index (χ4n) is 2.37. The zero-order chi connectivity index (χ0) is 22.5. The molecule has 0 saturated carbocycles. The standard InChI is InChI=1S/C18H19F3N4O4S/c1-11(16(26)23-12-7-9-13(10-8-12)24-17(27)22-2)25-30(28,29)15-6-4-3-5-14(15)18(19,20)21/h3-11,25H,1-2H3,(H,23,26)(H2,22,24,27)/t11-/m0/s1. The number of carbonyl (C=O) groups excluding carboxylic acids is 2. The quantitative estimate of drug-likeness (QED) is 0.548. The molecule has 0 aliphatic carbocycles. The van der Waals surface area contributed by atoms with Gasteiger partial charge in [0.1, 0.15) is 0 Å². The maximum Gasteiger partial charge on any atom is 0.417 e. The van der Waals surface area contributed by atoms with Crippen molar-refractivity contribution in [3.8, 4) is 0 Å². The number of hydrogen-bond acceptors (Lipinski definition) is 4. The van der Waals surface area contributed by atoms with Crippen LogP contribution in [0.15, 0.2) is 53.4 Å². The first-order valence-corrected chi connectivity index (χ1v) is 10.0. The zero-order valence-electron chi connectivity index (χ0n) is 15.9. The largest absolute Gasteiger partial charge is 0.417 e. The van der Waals surface area contributed by atoms with Gasteiger partial charge in [-0.15, -0.1) is 0 Å². The van der Waals surface area contributed by atoms with E-state index in [2.05, 4.69) is 16.0 Å². The van der Waals surface area contributed by atoms with Gasteiger partial charge in [0, 0.05) is 18.4 Å². The minimum absolute atomic E-state index is 0.296. The van der Waals surface area contributed by atoms with Crippen molar-refractivity contribution < 1.29 is 31.2 Å². The summed E-state index contributed by atoms with van der Waals surface area (Å²) in [5.41, 5.74) is -0.585. The van der Waals surface area contributed by atoms with Crippen molar-refractivity contribution in [3.63, 3.8) is 0 Å². The van der Waals surface area contributed by atoms with Crippen LogP contribution in [0.25, 0.3) is 0 Å². The SMILES string of the molecule is CNC(=O)Nc1ccc(NC(=O)[C@H](C)NS(=O)(=O)c2ccccc2C(F)(F)F)cc1. The van der Waals surface area contributed by atoms with E-state index in [9.17, 15) is 31.2 Å². The fourth-order valence-corrected chi connectivity index (χ4v) is 3.80. The second-order valence-corrected chi connectivity index (χ2v) is 7.79. The number of anilines is 2. The Balaban J connectivity index is 2.10. The van der Waals surface area contributed by atoms with E-state index in [0.717, 1.165) is 18.2 Å². The Kier molecular flexibility index (Phi) is 7.05. The number of halogens is 3. The van der Waals surface area contributed by atoms with Crippen molar-refractivity contribution in [2.45, 2.75) is 24.0 Å². The van der Waals surface area contributed by atoms with Crippen LogP contribution in [0.1, 0.15) is 12.5 Å². The molecule has 8 nitrogen and oxygen atoms in total. The average molecular weight is 444 g/mol. The van der Waals surface area contributed by atoms with Crippen molar-refractivity contribution in [3.05, 3.63) is 54.1 Å². The van der Waals surface area contributed by atoms with Gasteiger partial charge in [-0.25, -0.2) is 13.2 Å². The van der Waals surface area contributed by atoms with E-state index >= 15 is 0 Å². The van der Waals surface area contributed by atoms with Crippen LogP contribution in [-0.4, -0.2) is 33.4 Å². The van der Waals surface area contributed by atoms with Crippen molar-refractivity contribution in [1.82, 2.24) is 10.0 Å². The summed E-state index contributed by atoms with van der Waals surface area (Å²) in [7, 11) is -3.18. The van der Waals surface area contributed by atoms with E-state index in [1.807, 2.05) is 4.72 Å². The van der Waals surface area contributed by atoms with Gasteiger partial charge < -0.3 is 16.0 Å². The number of carbonyl (C=O) groups is 2. The van der Waals surface area contributed by atoms with E-state index in [-0.39, 0.29) is 0 Å². The van der Waals surface area contributed by atoms with Gasteiger partial charge in [0.05, 0.1) is 16.5 Å². The number of urea groups is 1. The number of nitrogens with one attached hydrogen (secondary N) is 4. The summed E-state index contributed by atoms with van der Waals surface area (Å²) >= 11 is 0. The molecular weight excluding hydrogens is 425 g/mol. The Hall–Kier alpha value is -3.12. The van der Waals surface area contributed by atoms with E-state index in [1.54, 1.807) is 0 Å². The molecule has 12 heteroatoms. The molecule has 0 unspecified atom stereocenters. The molecule has 0 aliphatic heterocycles. The Labute approximate surface area is 170 Å². The van der Waals surface area contributed by atoms with E-state index in [4.69, 9.17) is 0 Å². The number of rotatable bonds is 6. The minimum atomic E-state index is -4.87. The molecule has 162 valence electrons. The van der Waals surface area contributed by atoms with Gasteiger partial charge in [-0.2, -0.15) is 17.9 Å². The molecule has 0 heterocycles. The third-order valence-corrected chi connectivity index (χ3v) is 5.44. The molecule has 3 amide bonds. The first-order valence-electron chi connectivity index (χ1n) is 8.52. The lowest BCUT2D eigenvalue weighted by atomic mass is 10.2. The van der Waals surface area contributed by atoms with Crippen LogP contribution < -0.4 is 20.7 Å². The molecule has 0 spiro atoms. The molecule has 4 N–H and O–H groups in total. The predicted octanol–water partition coefficient (Wildman–Crippen LogP) is 2.76. The molecule has 0 radical (unpaired) electrons. The fraction of sp³-hybridized carbons (Fsp3) is 0.222. The average Bonchev–Trinajstić information content (AvgIpc) is 2.68. The van der Waals surface area contributed by atoms with Crippen molar-refractivity contribution in [1.29, 1.82) is 0 Å². The Bertz CT molecular complexity index is 1020. The maximum atomic E-state index is 13.1. The van der Waals surface area contributed by atoms with Crippen LogP contribution in [0.3, 0.4) is 0 Å². The lowest BCUT2D eigenvalue weighted by Crippen LogP contribution is -2.42. The smallest absolute Gasteiger partial charge is 0.341 e. The number of hydrogen-bond donors (Lipinski definition) is 4. The summed E-state index contributed by atoms with van der Waals surface area (Å²) in [4.78, 5) is 22.5. The highest BCUT2D eigenvalue weighted by molar-refractivity contribution is 7.89. The summed E-state index contributed by atoms with van der Waals surface area (Å²) in [5, 5.41) is 7.32. The van der Waals surface area contributed by atoms with Gasteiger partial charge in [-0.1, -0.05) is 12.1 Å². The number of benzene rings is 2. The Morgan fingerprint density at radius 3 is 2.00 bits per heavy atom. The minimum Gasteiger partial charge on any atom is -0.341 e. The molecule has 0 aliphatic rings. The van der Waals surface area contributed by atoms with E-state index in [1.165, 1.54) is 38.2 Å². The van der Waals surface area contributed by atoms with Crippen molar-refractivity contribution in [2.24, 2.45) is 0 Å². The second-order valence-electron chi connectivity index (χ2n) is 6.11. The molecule has 0 fully saturated rings. The van der Waals surface area contributed by atoms with Crippen LogP contribution in [0, 0.1) is 0 Å². The number of alkyl halides is 3. The molecule has 30 heavy (non-hydrogen) atoms. The molecule has 0 aromatic heterocycles. The van der Waals surface area contributed by atoms with E-state index < -0.39 is 44.6 Å².